The van der Waals surface area contributed by atoms with Crippen LogP contribution in [0.15, 0.2) is 60.7 Å². The number of fused-ring (bicyclic) bond motifs is 1. The maximum atomic E-state index is 12.7. The van der Waals surface area contributed by atoms with Gasteiger partial charge in [0.25, 0.3) is 0 Å². The van der Waals surface area contributed by atoms with Crippen LogP contribution in [-0.4, -0.2) is 55.4 Å². The van der Waals surface area contributed by atoms with E-state index in [9.17, 15) is 9.59 Å². The Hall–Kier alpha value is -2.29. The van der Waals surface area contributed by atoms with E-state index in [0.29, 0.717) is 11.8 Å². The molecule has 0 aromatic heterocycles. The SMILES string of the molecule is CO[C@H]1O[C@@H]2COC(c3ccccc3)O[C@H]2[C@@](Cl)(C=O)[C@H]1OC(=O)c1ccccc1. The van der Waals surface area contributed by atoms with Crippen LogP contribution in [-0.2, 0) is 28.5 Å². The molecule has 0 amide bonds. The number of alkyl halides is 1. The summed E-state index contributed by atoms with van der Waals surface area (Å²) >= 11 is 6.77. The van der Waals surface area contributed by atoms with Gasteiger partial charge < -0.3 is 28.5 Å². The Kier molecular flexibility index (Phi) is 6.17. The Bertz CT molecular complexity index is 878. The molecular weight excluding hydrogens is 412 g/mol. The molecule has 2 fully saturated rings. The van der Waals surface area contributed by atoms with Crippen LogP contribution in [0.5, 0.6) is 0 Å². The molecule has 2 heterocycles. The first kappa shape index (κ1) is 21.0. The van der Waals surface area contributed by atoms with E-state index in [2.05, 4.69) is 0 Å². The molecule has 4 rings (SSSR count). The fourth-order valence-corrected chi connectivity index (χ4v) is 3.98. The van der Waals surface area contributed by atoms with Crippen molar-refractivity contribution in [3.8, 4) is 0 Å². The Balaban J connectivity index is 1.61. The second-order valence-electron chi connectivity index (χ2n) is 7.05. The van der Waals surface area contributed by atoms with Crippen molar-refractivity contribution < 1.29 is 33.3 Å². The molecule has 1 unspecified atom stereocenters. The van der Waals surface area contributed by atoms with Crippen LogP contribution in [0.2, 0.25) is 0 Å². The molecule has 2 aromatic rings. The van der Waals surface area contributed by atoms with Crippen LogP contribution >= 0.6 is 11.6 Å². The number of halogens is 1. The van der Waals surface area contributed by atoms with Crippen molar-refractivity contribution in [2.24, 2.45) is 0 Å². The quantitative estimate of drug-likeness (QED) is 0.408. The minimum Gasteiger partial charge on any atom is -0.451 e. The van der Waals surface area contributed by atoms with Gasteiger partial charge in [0.15, 0.2) is 23.6 Å². The minimum absolute atomic E-state index is 0.131. The maximum Gasteiger partial charge on any atom is 0.338 e. The molecule has 2 aliphatic rings. The number of methoxy groups -OCH3 is 1. The van der Waals surface area contributed by atoms with E-state index in [-0.39, 0.29) is 6.61 Å². The number of ether oxygens (including phenoxy) is 5. The predicted molar refractivity (Wildman–Crippen MR) is 106 cm³/mol. The zero-order chi connectivity index (χ0) is 21.1. The minimum atomic E-state index is -1.73. The second kappa shape index (κ2) is 8.83. The Morgan fingerprint density at radius 1 is 1.10 bits per heavy atom. The van der Waals surface area contributed by atoms with Crippen molar-refractivity contribution in [2.75, 3.05) is 13.7 Å². The number of aldehydes is 1. The smallest absolute Gasteiger partial charge is 0.338 e. The topological polar surface area (TPSA) is 80.3 Å². The lowest BCUT2D eigenvalue weighted by atomic mass is 9.88. The molecule has 6 atom stereocenters. The molecule has 0 saturated carbocycles. The average molecular weight is 433 g/mol. The molecule has 158 valence electrons. The molecule has 2 saturated heterocycles. The molecule has 8 heteroatoms. The third kappa shape index (κ3) is 3.87. The molecule has 30 heavy (non-hydrogen) atoms. The summed E-state index contributed by atoms with van der Waals surface area (Å²) in [6.07, 6.45) is -4.11. The van der Waals surface area contributed by atoms with Gasteiger partial charge in [0.05, 0.1) is 12.2 Å². The number of rotatable bonds is 5. The monoisotopic (exact) mass is 432 g/mol. The van der Waals surface area contributed by atoms with Crippen LogP contribution in [0.3, 0.4) is 0 Å². The van der Waals surface area contributed by atoms with Crippen LogP contribution in [0.25, 0.3) is 0 Å². The number of carbonyl (C=O) groups is 2. The first-order chi connectivity index (χ1) is 14.6. The lowest BCUT2D eigenvalue weighted by Gasteiger charge is -2.50. The van der Waals surface area contributed by atoms with Crippen molar-refractivity contribution in [3.63, 3.8) is 0 Å². The molecule has 0 aliphatic carbocycles. The van der Waals surface area contributed by atoms with Gasteiger partial charge in [-0.05, 0) is 12.1 Å². The molecule has 2 aromatic carbocycles. The van der Waals surface area contributed by atoms with Gasteiger partial charge in [-0.1, -0.05) is 48.5 Å². The summed E-state index contributed by atoms with van der Waals surface area (Å²) in [5.41, 5.74) is 1.09. The predicted octanol–water partition coefficient (Wildman–Crippen LogP) is 2.87. The lowest BCUT2D eigenvalue weighted by Crippen LogP contribution is -2.68. The van der Waals surface area contributed by atoms with Gasteiger partial charge in [-0.2, -0.15) is 0 Å². The highest BCUT2D eigenvalue weighted by Gasteiger charge is 2.61. The van der Waals surface area contributed by atoms with Crippen LogP contribution in [0.1, 0.15) is 22.2 Å². The highest BCUT2D eigenvalue weighted by Crippen LogP contribution is 2.43. The summed E-state index contributed by atoms with van der Waals surface area (Å²) in [4.78, 5) is 23.1. The first-order valence-electron chi connectivity index (χ1n) is 9.48. The lowest BCUT2D eigenvalue weighted by molar-refractivity contribution is -0.338. The van der Waals surface area contributed by atoms with Gasteiger partial charge >= 0.3 is 5.97 Å². The number of carbonyl (C=O) groups excluding carboxylic acids is 2. The van der Waals surface area contributed by atoms with Gasteiger partial charge in [0, 0.05) is 12.7 Å². The van der Waals surface area contributed by atoms with E-state index in [1.54, 1.807) is 30.3 Å². The third-order valence-electron chi connectivity index (χ3n) is 5.18. The van der Waals surface area contributed by atoms with E-state index >= 15 is 0 Å². The first-order valence-corrected chi connectivity index (χ1v) is 9.86. The summed E-state index contributed by atoms with van der Waals surface area (Å²) in [6.45, 7) is 0.131. The molecule has 0 spiro atoms. The van der Waals surface area contributed by atoms with Gasteiger partial charge in [-0.3, -0.25) is 0 Å². The molecule has 0 N–H and O–H groups in total. The van der Waals surface area contributed by atoms with Crippen molar-refractivity contribution >= 4 is 23.9 Å². The van der Waals surface area contributed by atoms with Gasteiger partial charge in [-0.15, -0.1) is 11.6 Å². The molecule has 7 nitrogen and oxygen atoms in total. The van der Waals surface area contributed by atoms with Gasteiger partial charge in [0.1, 0.15) is 18.5 Å². The standard InChI is InChI=1S/C22H21ClO7/c1-26-21-18(29-19(25)14-8-4-2-5-9-14)22(23,13-24)17-16(28-21)12-27-20(30-17)15-10-6-3-7-11-15/h2-11,13,16-18,20-21H,12H2,1H3/t16-,17-,18+,20?,21+,22+/m1/s1. The van der Waals surface area contributed by atoms with Gasteiger partial charge in [0.2, 0.25) is 0 Å². The number of esters is 1. The van der Waals surface area contributed by atoms with E-state index in [4.69, 9.17) is 35.3 Å². The van der Waals surface area contributed by atoms with Crippen LogP contribution in [0.4, 0.5) is 0 Å². The fourth-order valence-electron chi connectivity index (χ4n) is 3.65. The highest BCUT2D eigenvalue weighted by atomic mass is 35.5. The second-order valence-corrected chi connectivity index (χ2v) is 7.70. The third-order valence-corrected chi connectivity index (χ3v) is 5.70. The molecular formula is C22H21ClO7. The largest absolute Gasteiger partial charge is 0.451 e. The number of hydrogen-bond donors (Lipinski definition) is 0. The maximum absolute atomic E-state index is 12.7. The highest BCUT2D eigenvalue weighted by molar-refractivity contribution is 6.33. The van der Waals surface area contributed by atoms with Crippen molar-refractivity contribution in [2.45, 2.75) is 35.8 Å². The van der Waals surface area contributed by atoms with Crippen LogP contribution in [0, 0.1) is 0 Å². The normalized spacial score (nSPS) is 33.3. The summed E-state index contributed by atoms with van der Waals surface area (Å²) in [7, 11) is 1.38. The zero-order valence-electron chi connectivity index (χ0n) is 16.2. The zero-order valence-corrected chi connectivity index (χ0v) is 16.9. The van der Waals surface area contributed by atoms with Crippen molar-refractivity contribution in [1.82, 2.24) is 0 Å². The summed E-state index contributed by atoms with van der Waals surface area (Å²) in [5, 5.41) is 0. The van der Waals surface area contributed by atoms with E-state index in [1.807, 2.05) is 30.3 Å². The summed E-state index contributed by atoms with van der Waals surface area (Å²) in [5.74, 6) is -0.650. The van der Waals surface area contributed by atoms with Crippen molar-refractivity contribution in [3.05, 3.63) is 71.8 Å². The van der Waals surface area contributed by atoms with Crippen LogP contribution < -0.4 is 0 Å². The Morgan fingerprint density at radius 3 is 2.40 bits per heavy atom. The summed E-state index contributed by atoms with van der Waals surface area (Å²) < 4.78 is 28.6. The van der Waals surface area contributed by atoms with E-state index < -0.39 is 41.7 Å². The van der Waals surface area contributed by atoms with E-state index in [1.165, 1.54) is 7.11 Å². The van der Waals surface area contributed by atoms with Crippen molar-refractivity contribution in [1.29, 1.82) is 0 Å². The molecule has 0 bridgehead atoms. The molecule has 0 radical (unpaired) electrons. The van der Waals surface area contributed by atoms with E-state index in [0.717, 1.165) is 5.56 Å². The van der Waals surface area contributed by atoms with Gasteiger partial charge in [-0.25, -0.2) is 4.79 Å². The number of hydrogen-bond acceptors (Lipinski definition) is 7. The Morgan fingerprint density at radius 2 is 1.77 bits per heavy atom. The number of benzene rings is 2. The Labute approximate surface area is 178 Å². The average Bonchev–Trinajstić information content (AvgIpc) is 2.81. The molecule has 2 aliphatic heterocycles. The summed E-state index contributed by atoms with van der Waals surface area (Å²) in [6, 6.07) is 17.7. The fraction of sp³-hybridized carbons (Fsp3) is 0.364.